The van der Waals surface area contributed by atoms with Gasteiger partial charge in [0, 0.05) is 22.5 Å². The minimum absolute atomic E-state index is 0.00770. The van der Waals surface area contributed by atoms with Crippen LogP contribution in [0.5, 0.6) is 5.75 Å². The lowest BCUT2D eigenvalue weighted by molar-refractivity contribution is -0.137. The summed E-state index contributed by atoms with van der Waals surface area (Å²) >= 11 is 0. The van der Waals surface area contributed by atoms with Gasteiger partial charge in [-0.1, -0.05) is 17.9 Å². The first-order chi connectivity index (χ1) is 12.9. The third-order valence-corrected chi connectivity index (χ3v) is 3.83. The molecule has 0 aliphatic carbocycles. The molecule has 2 N–H and O–H groups in total. The quantitative estimate of drug-likeness (QED) is 0.684. The van der Waals surface area contributed by atoms with E-state index < -0.39 is 11.7 Å². The maximum absolute atomic E-state index is 12.7. The van der Waals surface area contributed by atoms with Crippen molar-refractivity contribution in [2.45, 2.75) is 6.18 Å². The summed E-state index contributed by atoms with van der Waals surface area (Å²) in [5.41, 5.74) is 0.595. The molecule has 27 heavy (non-hydrogen) atoms. The first kappa shape index (κ1) is 18.4. The van der Waals surface area contributed by atoms with Gasteiger partial charge in [-0.2, -0.15) is 13.2 Å². The van der Waals surface area contributed by atoms with Crippen LogP contribution >= 0.6 is 0 Å². The summed E-state index contributed by atoms with van der Waals surface area (Å²) in [7, 11) is 1.56. The van der Waals surface area contributed by atoms with Crippen molar-refractivity contribution in [1.82, 2.24) is 10.3 Å². The monoisotopic (exact) mass is 372 g/mol. The van der Waals surface area contributed by atoms with Crippen LogP contribution in [0.2, 0.25) is 0 Å². The lowest BCUT2D eigenvalue weighted by Gasteiger charge is -2.05. The summed E-state index contributed by atoms with van der Waals surface area (Å²) in [5.74, 6) is 5.58. The highest BCUT2D eigenvalue weighted by atomic mass is 19.4. The van der Waals surface area contributed by atoms with Crippen LogP contribution in [0.25, 0.3) is 10.9 Å². The first-order valence-electron chi connectivity index (χ1n) is 7.98. The molecule has 138 valence electrons. The fourth-order valence-corrected chi connectivity index (χ4v) is 2.49. The molecular weight excluding hydrogens is 357 g/mol. The predicted molar refractivity (Wildman–Crippen MR) is 95.5 cm³/mol. The van der Waals surface area contributed by atoms with Gasteiger partial charge in [0.15, 0.2) is 0 Å². The van der Waals surface area contributed by atoms with Crippen LogP contribution in [0.1, 0.15) is 21.6 Å². The number of halogens is 3. The van der Waals surface area contributed by atoms with Gasteiger partial charge >= 0.3 is 6.18 Å². The van der Waals surface area contributed by atoms with Gasteiger partial charge in [-0.3, -0.25) is 4.79 Å². The Morgan fingerprint density at radius 1 is 1.19 bits per heavy atom. The highest BCUT2D eigenvalue weighted by Gasteiger charge is 2.30. The minimum Gasteiger partial charge on any atom is -0.497 e. The molecule has 1 amide bonds. The van der Waals surface area contributed by atoms with E-state index >= 15 is 0 Å². The number of amides is 1. The van der Waals surface area contributed by atoms with E-state index in [0.29, 0.717) is 11.4 Å². The average molecular weight is 372 g/mol. The Balaban J connectivity index is 1.64. The molecule has 1 heterocycles. The van der Waals surface area contributed by atoms with Crippen LogP contribution in [0.4, 0.5) is 13.2 Å². The Bertz CT molecular complexity index is 1040. The van der Waals surface area contributed by atoms with Crippen LogP contribution < -0.4 is 10.1 Å². The second-order valence-corrected chi connectivity index (χ2v) is 5.70. The fraction of sp³-hybridized carbons (Fsp3) is 0.150. The standard InChI is InChI=1S/C20H15F3N2O2/c1-27-16-8-7-14-11-18(25-17(14)12-16)19(26)24-9-3-5-13-4-2-6-15(10-13)20(21,22)23/h2,4,6-8,10-12,25H,9H2,1H3,(H,24,26). The Hall–Kier alpha value is -3.40. The minimum atomic E-state index is -4.41. The van der Waals surface area contributed by atoms with E-state index in [-0.39, 0.29) is 18.0 Å². The SMILES string of the molecule is COc1ccc2cc(C(=O)NCC#Cc3cccc(C(F)(F)F)c3)[nH]c2c1. The highest BCUT2D eigenvalue weighted by Crippen LogP contribution is 2.29. The fourth-order valence-electron chi connectivity index (χ4n) is 2.49. The molecule has 0 fully saturated rings. The van der Waals surface area contributed by atoms with E-state index in [1.54, 1.807) is 25.3 Å². The molecule has 0 aliphatic heterocycles. The third kappa shape index (κ3) is 4.42. The van der Waals surface area contributed by atoms with Crippen LogP contribution in [0, 0.1) is 11.8 Å². The summed E-state index contributed by atoms with van der Waals surface area (Å²) in [4.78, 5) is 15.2. The predicted octanol–water partition coefficient (Wildman–Crippen LogP) is 3.98. The maximum atomic E-state index is 12.7. The van der Waals surface area contributed by atoms with Crippen LogP contribution in [0.3, 0.4) is 0 Å². The van der Waals surface area contributed by atoms with Gasteiger partial charge in [0.25, 0.3) is 5.91 Å². The van der Waals surface area contributed by atoms with E-state index in [2.05, 4.69) is 22.1 Å². The molecule has 0 atom stereocenters. The summed E-state index contributed by atoms with van der Waals surface area (Å²) in [5, 5.41) is 3.46. The Morgan fingerprint density at radius 3 is 2.74 bits per heavy atom. The molecule has 0 bridgehead atoms. The van der Waals surface area contributed by atoms with E-state index in [0.717, 1.165) is 23.0 Å². The molecular formula is C20H15F3N2O2. The number of carbonyl (C=O) groups excluding carboxylic acids is 1. The average Bonchev–Trinajstić information content (AvgIpc) is 3.08. The highest BCUT2D eigenvalue weighted by molar-refractivity contribution is 5.98. The van der Waals surface area contributed by atoms with Gasteiger partial charge in [0.1, 0.15) is 11.4 Å². The number of methoxy groups -OCH3 is 1. The Morgan fingerprint density at radius 2 is 2.00 bits per heavy atom. The zero-order valence-electron chi connectivity index (χ0n) is 14.3. The molecule has 0 radical (unpaired) electrons. The first-order valence-corrected chi connectivity index (χ1v) is 7.98. The molecule has 2 aromatic carbocycles. The van der Waals surface area contributed by atoms with E-state index in [1.165, 1.54) is 12.1 Å². The van der Waals surface area contributed by atoms with Crippen LogP contribution in [-0.2, 0) is 6.18 Å². The Kier molecular flexibility index (Phi) is 5.08. The number of alkyl halides is 3. The van der Waals surface area contributed by atoms with Crippen molar-refractivity contribution in [3.05, 3.63) is 65.4 Å². The number of H-pyrrole nitrogens is 1. The lowest BCUT2D eigenvalue weighted by atomic mass is 10.1. The second kappa shape index (κ2) is 7.46. The molecule has 1 aromatic heterocycles. The number of carbonyl (C=O) groups is 1. The molecule has 0 aliphatic rings. The molecule has 0 unspecified atom stereocenters. The van der Waals surface area contributed by atoms with Crippen molar-refractivity contribution in [1.29, 1.82) is 0 Å². The zero-order valence-corrected chi connectivity index (χ0v) is 14.3. The number of aromatic nitrogens is 1. The molecule has 0 saturated heterocycles. The van der Waals surface area contributed by atoms with Crippen molar-refractivity contribution >= 4 is 16.8 Å². The number of hydrogen-bond donors (Lipinski definition) is 2. The van der Waals surface area contributed by atoms with Gasteiger partial charge in [0.2, 0.25) is 0 Å². The number of hydrogen-bond acceptors (Lipinski definition) is 2. The van der Waals surface area contributed by atoms with E-state index in [9.17, 15) is 18.0 Å². The molecule has 4 nitrogen and oxygen atoms in total. The lowest BCUT2D eigenvalue weighted by Crippen LogP contribution is -2.23. The van der Waals surface area contributed by atoms with E-state index in [4.69, 9.17) is 4.74 Å². The second-order valence-electron chi connectivity index (χ2n) is 5.70. The number of rotatable bonds is 3. The van der Waals surface area contributed by atoms with Gasteiger partial charge in [-0.15, -0.1) is 0 Å². The van der Waals surface area contributed by atoms with Crippen molar-refractivity contribution < 1.29 is 22.7 Å². The van der Waals surface area contributed by atoms with Crippen molar-refractivity contribution in [2.24, 2.45) is 0 Å². The molecule has 0 spiro atoms. The molecule has 0 saturated carbocycles. The number of nitrogens with one attached hydrogen (secondary N) is 2. The van der Waals surface area contributed by atoms with Crippen molar-refractivity contribution in [2.75, 3.05) is 13.7 Å². The smallest absolute Gasteiger partial charge is 0.416 e. The van der Waals surface area contributed by atoms with Crippen molar-refractivity contribution in [3.8, 4) is 17.6 Å². The van der Waals surface area contributed by atoms with Crippen LogP contribution in [0.15, 0.2) is 48.5 Å². The summed E-state index contributed by atoms with van der Waals surface area (Å²) < 4.78 is 43.1. The summed E-state index contributed by atoms with van der Waals surface area (Å²) in [6, 6.07) is 11.8. The van der Waals surface area contributed by atoms with Gasteiger partial charge in [0.05, 0.1) is 19.2 Å². The summed E-state index contributed by atoms with van der Waals surface area (Å²) in [6.45, 7) is 0.00770. The summed E-state index contributed by atoms with van der Waals surface area (Å²) in [6.07, 6.45) is -4.41. The largest absolute Gasteiger partial charge is 0.497 e. The van der Waals surface area contributed by atoms with Gasteiger partial charge in [-0.25, -0.2) is 0 Å². The maximum Gasteiger partial charge on any atom is 0.416 e. The Labute approximate surface area is 153 Å². The van der Waals surface area contributed by atoms with Crippen LogP contribution in [-0.4, -0.2) is 24.5 Å². The molecule has 7 heteroatoms. The number of ether oxygens (including phenoxy) is 1. The van der Waals surface area contributed by atoms with Gasteiger partial charge in [-0.05, 0) is 36.4 Å². The zero-order chi connectivity index (χ0) is 19.4. The number of fused-ring (bicyclic) bond motifs is 1. The number of aromatic amines is 1. The molecule has 3 aromatic rings. The van der Waals surface area contributed by atoms with E-state index in [1.807, 2.05) is 6.07 Å². The number of benzene rings is 2. The topological polar surface area (TPSA) is 54.1 Å². The van der Waals surface area contributed by atoms with Gasteiger partial charge < -0.3 is 15.0 Å². The molecule has 3 rings (SSSR count). The van der Waals surface area contributed by atoms with Crippen molar-refractivity contribution in [3.63, 3.8) is 0 Å². The normalized spacial score (nSPS) is 11.0. The third-order valence-electron chi connectivity index (χ3n) is 3.83.